The molecule has 0 aromatic heterocycles. The summed E-state index contributed by atoms with van der Waals surface area (Å²) >= 11 is 3.25. The van der Waals surface area contributed by atoms with Gasteiger partial charge in [-0.05, 0) is 17.5 Å². The van der Waals surface area contributed by atoms with Crippen LogP contribution < -0.4 is 0 Å². The first kappa shape index (κ1) is 17.6. The maximum absolute atomic E-state index is 12.8. The van der Waals surface area contributed by atoms with Gasteiger partial charge in [0.2, 0.25) is 5.91 Å². The largest absolute Gasteiger partial charge is 0.447 e. The molecule has 25 heavy (non-hydrogen) atoms. The number of aliphatic hydroxyl groups excluding tert-OH is 1. The lowest BCUT2D eigenvalue weighted by molar-refractivity contribution is -0.130. The number of carbonyl (C=O) groups is 2. The molecule has 0 aliphatic carbocycles. The minimum absolute atomic E-state index is 0.153. The molecule has 2 aromatic rings. The third-order valence-corrected chi connectivity index (χ3v) is 5.06. The highest BCUT2D eigenvalue weighted by Gasteiger charge is 2.42. The topological polar surface area (TPSA) is 66.8 Å². The van der Waals surface area contributed by atoms with E-state index in [0.29, 0.717) is 12.0 Å². The number of hydrogen-bond donors (Lipinski definition) is 1. The summed E-state index contributed by atoms with van der Waals surface area (Å²) < 4.78 is 5.07. The van der Waals surface area contributed by atoms with Crippen LogP contribution in [0.1, 0.15) is 17.2 Å². The van der Waals surface area contributed by atoms with Crippen molar-refractivity contribution >= 4 is 27.9 Å². The number of ether oxygens (including phenoxy) is 1. The molecular formula is C19H18BrNO4. The fourth-order valence-corrected chi connectivity index (χ4v) is 3.38. The van der Waals surface area contributed by atoms with Gasteiger partial charge < -0.3 is 9.84 Å². The van der Waals surface area contributed by atoms with Gasteiger partial charge in [-0.1, -0.05) is 76.6 Å². The Bertz CT molecular complexity index is 738. The lowest BCUT2D eigenvalue weighted by Crippen LogP contribution is -2.45. The molecule has 0 saturated carbocycles. The normalized spacial score (nSPS) is 19.4. The molecule has 1 saturated heterocycles. The van der Waals surface area contributed by atoms with E-state index in [0.717, 1.165) is 10.5 Å². The third kappa shape index (κ3) is 3.91. The average molecular weight is 404 g/mol. The van der Waals surface area contributed by atoms with Crippen molar-refractivity contribution in [2.75, 3.05) is 6.61 Å². The van der Waals surface area contributed by atoms with Crippen molar-refractivity contribution in [3.8, 4) is 0 Å². The number of carbonyl (C=O) groups excluding carboxylic acids is 2. The van der Waals surface area contributed by atoms with Gasteiger partial charge in [0, 0.05) is 0 Å². The van der Waals surface area contributed by atoms with Crippen LogP contribution in [-0.2, 0) is 16.0 Å². The molecule has 0 radical (unpaired) electrons. The average Bonchev–Trinajstić information content (AvgIpc) is 3.01. The molecule has 1 heterocycles. The Morgan fingerprint density at radius 1 is 1.16 bits per heavy atom. The number of cyclic esters (lactones) is 1. The van der Waals surface area contributed by atoms with Crippen LogP contribution in [0.4, 0.5) is 4.79 Å². The first-order chi connectivity index (χ1) is 12.1. The first-order valence-electron chi connectivity index (χ1n) is 7.98. The molecule has 3 atom stereocenters. The molecule has 6 heteroatoms. The van der Waals surface area contributed by atoms with E-state index in [1.807, 2.05) is 36.4 Å². The minimum Gasteiger partial charge on any atom is -0.447 e. The first-order valence-corrected chi connectivity index (χ1v) is 8.90. The minimum atomic E-state index is -1.06. The quantitative estimate of drug-likeness (QED) is 0.778. The number of imide groups is 1. The van der Waals surface area contributed by atoms with E-state index in [1.165, 1.54) is 0 Å². The van der Waals surface area contributed by atoms with Crippen molar-refractivity contribution in [3.63, 3.8) is 0 Å². The summed E-state index contributed by atoms with van der Waals surface area (Å²) in [5, 5.41) is 10.4. The highest BCUT2D eigenvalue weighted by atomic mass is 79.9. The van der Waals surface area contributed by atoms with Crippen molar-refractivity contribution in [1.29, 1.82) is 0 Å². The van der Waals surface area contributed by atoms with Crippen LogP contribution in [0, 0.1) is 0 Å². The van der Waals surface area contributed by atoms with Crippen LogP contribution in [0.25, 0.3) is 0 Å². The number of aliphatic hydroxyl groups is 1. The van der Waals surface area contributed by atoms with E-state index >= 15 is 0 Å². The van der Waals surface area contributed by atoms with Crippen LogP contribution in [0.15, 0.2) is 60.7 Å². The van der Waals surface area contributed by atoms with Gasteiger partial charge in [0.25, 0.3) is 0 Å². The summed E-state index contributed by atoms with van der Waals surface area (Å²) in [6.45, 7) is 0.153. The lowest BCUT2D eigenvalue weighted by atomic mass is 10.0. The number of nitrogens with zero attached hydrogens (tertiary/aromatic N) is 1. The van der Waals surface area contributed by atoms with Crippen LogP contribution in [0.3, 0.4) is 0 Å². The maximum Gasteiger partial charge on any atom is 0.417 e. The van der Waals surface area contributed by atoms with Crippen LogP contribution in [-0.4, -0.2) is 39.5 Å². The monoisotopic (exact) mass is 403 g/mol. The Labute approximate surface area is 154 Å². The molecule has 0 unspecified atom stereocenters. The zero-order chi connectivity index (χ0) is 17.8. The van der Waals surface area contributed by atoms with Gasteiger partial charge in [-0.2, -0.15) is 0 Å². The predicted octanol–water partition coefficient (Wildman–Crippen LogP) is 3.07. The van der Waals surface area contributed by atoms with Gasteiger partial charge in [-0.15, -0.1) is 0 Å². The summed E-state index contributed by atoms with van der Waals surface area (Å²) in [5.74, 6) is -0.500. The number of hydrogen-bond acceptors (Lipinski definition) is 4. The van der Waals surface area contributed by atoms with E-state index in [9.17, 15) is 14.7 Å². The standard InChI is InChI=1S/C19H18BrNO4/c20-16(17(22)14-9-5-2-6-10-14)18(23)21-15(12-25-19(21)24)11-13-7-3-1-4-8-13/h1-10,15-17,22H,11-12H2/t15-,16+,17-/m0/s1. The molecule has 1 aliphatic heterocycles. The number of benzene rings is 2. The van der Waals surface area contributed by atoms with Gasteiger partial charge >= 0.3 is 6.09 Å². The second kappa shape index (κ2) is 7.80. The molecule has 0 spiro atoms. The van der Waals surface area contributed by atoms with E-state index in [2.05, 4.69) is 15.9 Å². The van der Waals surface area contributed by atoms with Gasteiger partial charge in [-0.25, -0.2) is 9.69 Å². The Balaban J connectivity index is 1.75. The van der Waals surface area contributed by atoms with Crippen molar-refractivity contribution in [1.82, 2.24) is 4.90 Å². The third-order valence-electron chi connectivity index (χ3n) is 4.17. The molecule has 130 valence electrons. The van der Waals surface area contributed by atoms with Crippen molar-refractivity contribution in [3.05, 3.63) is 71.8 Å². The Hall–Kier alpha value is -2.18. The molecule has 1 aliphatic rings. The highest BCUT2D eigenvalue weighted by Crippen LogP contribution is 2.27. The fraction of sp³-hybridized carbons (Fsp3) is 0.263. The van der Waals surface area contributed by atoms with Gasteiger partial charge in [0.05, 0.1) is 6.04 Å². The second-order valence-corrected chi connectivity index (χ2v) is 6.87. The maximum atomic E-state index is 12.8. The van der Waals surface area contributed by atoms with Crippen molar-refractivity contribution < 1.29 is 19.4 Å². The van der Waals surface area contributed by atoms with E-state index < -0.39 is 22.9 Å². The van der Waals surface area contributed by atoms with Crippen LogP contribution in [0.2, 0.25) is 0 Å². The van der Waals surface area contributed by atoms with Crippen molar-refractivity contribution in [2.45, 2.75) is 23.4 Å². The smallest absolute Gasteiger partial charge is 0.417 e. The van der Waals surface area contributed by atoms with Crippen LogP contribution in [0.5, 0.6) is 0 Å². The summed E-state index contributed by atoms with van der Waals surface area (Å²) in [4.78, 5) is 25.0. The molecule has 1 N–H and O–H groups in total. The molecule has 1 fully saturated rings. The van der Waals surface area contributed by atoms with Crippen LogP contribution >= 0.6 is 15.9 Å². The zero-order valence-corrected chi connectivity index (χ0v) is 15.0. The van der Waals surface area contributed by atoms with E-state index in [4.69, 9.17) is 4.74 Å². The van der Waals surface area contributed by atoms with Crippen molar-refractivity contribution in [2.24, 2.45) is 0 Å². The predicted molar refractivity (Wildman–Crippen MR) is 96.2 cm³/mol. The number of amides is 2. The second-order valence-electron chi connectivity index (χ2n) is 5.89. The molecule has 0 bridgehead atoms. The number of halogens is 1. The highest BCUT2D eigenvalue weighted by molar-refractivity contribution is 9.10. The zero-order valence-electron chi connectivity index (χ0n) is 13.4. The summed E-state index contributed by atoms with van der Waals surface area (Å²) in [6.07, 6.45) is -1.21. The number of alkyl halides is 1. The summed E-state index contributed by atoms with van der Waals surface area (Å²) in [5.41, 5.74) is 1.61. The van der Waals surface area contributed by atoms with Gasteiger partial charge in [0.1, 0.15) is 17.5 Å². The number of rotatable bonds is 5. The SMILES string of the molecule is O=C1OC[C@H](Cc2ccccc2)N1C(=O)[C@H](Br)[C@@H](O)c1ccccc1. The summed E-state index contributed by atoms with van der Waals surface area (Å²) in [6, 6.07) is 18.1. The fourth-order valence-electron chi connectivity index (χ4n) is 2.85. The van der Waals surface area contributed by atoms with Gasteiger partial charge in [-0.3, -0.25) is 4.79 Å². The molecule has 2 amide bonds. The molecule has 5 nitrogen and oxygen atoms in total. The molecule has 3 rings (SSSR count). The Morgan fingerprint density at radius 2 is 1.76 bits per heavy atom. The van der Waals surface area contributed by atoms with E-state index in [-0.39, 0.29) is 12.6 Å². The Morgan fingerprint density at radius 3 is 2.40 bits per heavy atom. The van der Waals surface area contributed by atoms with Gasteiger partial charge in [0.15, 0.2) is 0 Å². The Kier molecular flexibility index (Phi) is 5.50. The lowest BCUT2D eigenvalue weighted by Gasteiger charge is -2.24. The van der Waals surface area contributed by atoms with E-state index in [1.54, 1.807) is 24.3 Å². The molecule has 2 aromatic carbocycles. The summed E-state index contributed by atoms with van der Waals surface area (Å²) in [7, 11) is 0. The molecular weight excluding hydrogens is 386 g/mol.